The molecule has 0 saturated heterocycles. The minimum absolute atomic E-state index is 0.312. The van der Waals surface area contributed by atoms with Gasteiger partial charge in [-0.1, -0.05) is 25.7 Å². The number of carbonyl (C=O) groups excluding carboxylic acids is 2. The van der Waals surface area contributed by atoms with Crippen molar-refractivity contribution in [2.24, 2.45) is 11.8 Å². The summed E-state index contributed by atoms with van der Waals surface area (Å²) in [5, 5.41) is 0. The lowest BCUT2D eigenvalue weighted by molar-refractivity contribution is -0.171. The van der Waals surface area contributed by atoms with Crippen molar-refractivity contribution in [2.45, 2.75) is 31.8 Å². The van der Waals surface area contributed by atoms with Gasteiger partial charge in [0.15, 0.2) is 6.61 Å². The zero-order valence-corrected chi connectivity index (χ0v) is 10.6. The molecule has 2 aliphatic carbocycles. The average Bonchev–Trinajstić information content (AvgIpc) is 2.96. The van der Waals surface area contributed by atoms with Crippen molar-refractivity contribution in [3.8, 4) is 0 Å². The molecular weight excluding hydrogens is 232 g/mol. The minimum Gasteiger partial charge on any atom is -0.456 e. The summed E-state index contributed by atoms with van der Waals surface area (Å²) >= 11 is 0. The second-order valence-electron chi connectivity index (χ2n) is 4.90. The van der Waals surface area contributed by atoms with Gasteiger partial charge in [0.25, 0.3) is 0 Å². The molecule has 3 unspecified atom stereocenters. The normalized spacial score (nSPS) is 32.3. The van der Waals surface area contributed by atoms with Crippen LogP contribution in [0.2, 0.25) is 0 Å². The SMILES string of the molecule is C=CC(=O)OCC(=O)OC1(CC)CC2C=CC1C2. The Morgan fingerprint density at radius 3 is 2.78 bits per heavy atom. The average molecular weight is 250 g/mol. The standard InChI is InChI=1S/C14H18O4/c1-3-12(15)17-9-13(16)18-14(4-2)8-10-5-6-11(14)7-10/h3,5-6,10-11H,1,4,7-9H2,2H3. The molecule has 0 N–H and O–H groups in total. The fraction of sp³-hybridized carbons (Fsp3) is 0.571. The molecule has 2 rings (SSSR count). The van der Waals surface area contributed by atoms with Gasteiger partial charge in [-0.15, -0.1) is 0 Å². The highest BCUT2D eigenvalue weighted by atomic mass is 16.6. The number of hydrogen-bond donors (Lipinski definition) is 0. The van der Waals surface area contributed by atoms with Crippen LogP contribution in [-0.4, -0.2) is 24.1 Å². The summed E-state index contributed by atoms with van der Waals surface area (Å²) < 4.78 is 10.3. The third-order valence-electron chi connectivity index (χ3n) is 3.87. The van der Waals surface area contributed by atoms with Crippen LogP contribution < -0.4 is 0 Å². The van der Waals surface area contributed by atoms with Crippen molar-refractivity contribution in [3.05, 3.63) is 24.8 Å². The molecule has 0 aromatic heterocycles. The second kappa shape index (κ2) is 4.96. The summed E-state index contributed by atoms with van der Waals surface area (Å²) in [6.07, 6.45) is 8.10. The van der Waals surface area contributed by atoms with E-state index in [1.807, 2.05) is 6.92 Å². The predicted molar refractivity (Wildman–Crippen MR) is 65.6 cm³/mol. The lowest BCUT2D eigenvalue weighted by Crippen LogP contribution is -2.39. The summed E-state index contributed by atoms with van der Waals surface area (Å²) in [4.78, 5) is 22.6. The Morgan fingerprint density at radius 1 is 1.50 bits per heavy atom. The molecule has 0 aromatic rings. The van der Waals surface area contributed by atoms with Crippen LogP contribution in [0, 0.1) is 11.8 Å². The van der Waals surface area contributed by atoms with E-state index in [4.69, 9.17) is 4.74 Å². The molecule has 1 saturated carbocycles. The van der Waals surface area contributed by atoms with Crippen LogP contribution in [0.15, 0.2) is 24.8 Å². The van der Waals surface area contributed by atoms with Crippen molar-refractivity contribution in [2.75, 3.05) is 6.61 Å². The Bertz CT molecular complexity index is 399. The Morgan fingerprint density at radius 2 is 2.28 bits per heavy atom. The molecule has 1 fully saturated rings. The van der Waals surface area contributed by atoms with Crippen LogP contribution in [0.5, 0.6) is 0 Å². The van der Waals surface area contributed by atoms with Gasteiger partial charge < -0.3 is 9.47 Å². The summed E-state index contributed by atoms with van der Waals surface area (Å²) in [7, 11) is 0. The van der Waals surface area contributed by atoms with Gasteiger partial charge in [0.05, 0.1) is 0 Å². The number of hydrogen-bond acceptors (Lipinski definition) is 4. The van der Waals surface area contributed by atoms with Crippen molar-refractivity contribution in [3.63, 3.8) is 0 Å². The summed E-state index contributed by atoms with van der Waals surface area (Å²) in [6.45, 7) is 4.95. The van der Waals surface area contributed by atoms with Gasteiger partial charge in [-0.3, -0.25) is 0 Å². The first-order chi connectivity index (χ1) is 8.59. The zero-order chi connectivity index (χ0) is 13.2. The molecule has 4 nitrogen and oxygen atoms in total. The predicted octanol–water partition coefficient (Wildman–Crippen LogP) is 2.00. The molecule has 0 spiro atoms. The van der Waals surface area contributed by atoms with E-state index in [-0.39, 0.29) is 6.61 Å². The number of fused-ring (bicyclic) bond motifs is 2. The molecule has 18 heavy (non-hydrogen) atoms. The van der Waals surface area contributed by atoms with Gasteiger partial charge in [0, 0.05) is 12.0 Å². The third kappa shape index (κ3) is 2.33. The number of rotatable bonds is 5. The number of ether oxygens (including phenoxy) is 2. The van der Waals surface area contributed by atoms with Gasteiger partial charge in [-0.2, -0.15) is 0 Å². The molecule has 4 heteroatoms. The molecule has 0 aliphatic heterocycles. The van der Waals surface area contributed by atoms with Crippen molar-refractivity contribution < 1.29 is 19.1 Å². The van der Waals surface area contributed by atoms with E-state index in [1.165, 1.54) is 0 Å². The van der Waals surface area contributed by atoms with Crippen LogP contribution >= 0.6 is 0 Å². The quantitative estimate of drug-likeness (QED) is 0.425. The van der Waals surface area contributed by atoms with Crippen LogP contribution in [0.1, 0.15) is 26.2 Å². The highest BCUT2D eigenvalue weighted by molar-refractivity contribution is 5.83. The van der Waals surface area contributed by atoms with Crippen molar-refractivity contribution in [1.29, 1.82) is 0 Å². The molecule has 0 aromatic carbocycles. The lowest BCUT2D eigenvalue weighted by Gasteiger charge is -2.34. The van der Waals surface area contributed by atoms with Crippen LogP contribution in [0.25, 0.3) is 0 Å². The molecule has 98 valence electrons. The van der Waals surface area contributed by atoms with Crippen LogP contribution in [0.4, 0.5) is 0 Å². The molecule has 3 atom stereocenters. The molecule has 2 aliphatic rings. The Labute approximate surface area is 107 Å². The smallest absolute Gasteiger partial charge is 0.344 e. The van der Waals surface area contributed by atoms with E-state index in [9.17, 15) is 9.59 Å². The molecule has 0 amide bonds. The number of esters is 2. The fourth-order valence-corrected chi connectivity index (χ4v) is 2.95. The van der Waals surface area contributed by atoms with E-state index in [1.54, 1.807) is 0 Å². The summed E-state index contributed by atoms with van der Waals surface area (Å²) in [5.74, 6) is -0.247. The Balaban J connectivity index is 1.91. The minimum atomic E-state index is -0.606. The monoisotopic (exact) mass is 250 g/mol. The first kappa shape index (κ1) is 12.9. The number of carbonyl (C=O) groups is 2. The van der Waals surface area contributed by atoms with E-state index in [2.05, 4.69) is 23.5 Å². The maximum absolute atomic E-state index is 11.7. The highest BCUT2D eigenvalue weighted by Crippen LogP contribution is 2.50. The van der Waals surface area contributed by atoms with E-state index >= 15 is 0 Å². The van der Waals surface area contributed by atoms with Gasteiger partial charge in [-0.25, -0.2) is 9.59 Å². The highest BCUT2D eigenvalue weighted by Gasteiger charge is 2.50. The van der Waals surface area contributed by atoms with Crippen LogP contribution in [0.3, 0.4) is 0 Å². The van der Waals surface area contributed by atoms with Gasteiger partial charge >= 0.3 is 11.9 Å². The van der Waals surface area contributed by atoms with Crippen molar-refractivity contribution in [1.82, 2.24) is 0 Å². The molecule has 0 radical (unpaired) electrons. The largest absolute Gasteiger partial charge is 0.456 e. The number of allylic oxidation sites excluding steroid dienone is 1. The molecule has 0 heterocycles. The maximum atomic E-state index is 11.7. The van der Waals surface area contributed by atoms with E-state index < -0.39 is 17.5 Å². The first-order valence-corrected chi connectivity index (χ1v) is 6.29. The molecular formula is C14H18O4. The first-order valence-electron chi connectivity index (χ1n) is 6.29. The van der Waals surface area contributed by atoms with Crippen LogP contribution in [-0.2, 0) is 19.1 Å². The second-order valence-corrected chi connectivity index (χ2v) is 4.90. The Hall–Kier alpha value is -1.58. The fourth-order valence-electron chi connectivity index (χ4n) is 2.95. The molecule has 2 bridgehead atoms. The third-order valence-corrected chi connectivity index (χ3v) is 3.87. The topological polar surface area (TPSA) is 52.6 Å². The zero-order valence-electron chi connectivity index (χ0n) is 10.6. The van der Waals surface area contributed by atoms with Gasteiger partial charge in [-0.05, 0) is 25.2 Å². The lowest BCUT2D eigenvalue weighted by atomic mass is 9.85. The Kier molecular flexibility index (Phi) is 3.55. The summed E-state index contributed by atoms with van der Waals surface area (Å²) in [6, 6.07) is 0. The van der Waals surface area contributed by atoms with Crippen molar-refractivity contribution >= 4 is 11.9 Å². The van der Waals surface area contributed by atoms with E-state index in [0.717, 1.165) is 25.3 Å². The van der Waals surface area contributed by atoms with E-state index in [0.29, 0.717) is 11.8 Å². The van der Waals surface area contributed by atoms with Gasteiger partial charge in [0.2, 0.25) is 0 Å². The van der Waals surface area contributed by atoms with Gasteiger partial charge in [0.1, 0.15) is 5.60 Å². The maximum Gasteiger partial charge on any atom is 0.344 e. The summed E-state index contributed by atoms with van der Waals surface area (Å²) in [5.41, 5.74) is -0.392.